The molecule has 8 heteroatoms. The number of aliphatic carboxylic acids is 1. The summed E-state index contributed by atoms with van der Waals surface area (Å²) in [5, 5.41) is 9.14. The van der Waals surface area contributed by atoms with Gasteiger partial charge in [-0.15, -0.1) is 13.2 Å². The Bertz CT molecular complexity index is 1070. The third-order valence-corrected chi connectivity index (χ3v) is 4.73. The summed E-state index contributed by atoms with van der Waals surface area (Å²) >= 11 is 0. The second-order valence-electron chi connectivity index (χ2n) is 7.76. The molecule has 3 aromatic rings. The van der Waals surface area contributed by atoms with E-state index in [1.165, 1.54) is 26.0 Å². The van der Waals surface area contributed by atoms with Crippen molar-refractivity contribution in [1.82, 2.24) is 0 Å². The molecule has 0 bridgehead atoms. The number of carboxylic acid groups (broad SMARTS) is 1. The molecule has 0 aromatic heterocycles. The molecule has 3 aromatic carbocycles. The first-order valence-corrected chi connectivity index (χ1v) is 10.1. The van der Waals surface area contributed by atoms with Gasteiger partial charge in [0, 0.05) is 6.42 Å². The van der Waals surface area contributed by atoms with E-state index in [9.17, 15) is 18.0 Å². The van der Waals surface area contributed by atoms with Gasteiger partial charge in [-0.25, -0.2) is 4.79 Å². The topological polar surface area (TPSA) is 65.0 Å². The number of halogens is 3. The lowest BCUT2D eigenvalue weighted by Crippen LogP contribution is -2.37. The first kappa shape index (κ1) is 24.0. The van der Waals surface area contributed by atoms with Crippen LogP contribution in [0.3, 0.4) is 0 Å². The first-order valence-electron chi connectivity index (χ1n) is 10.1. The lowest BCUT2D eigenvalue weighted by molar-refractivity contribution is -0.274. The quantitative estimate of drug-likeness (QED) is 0.417. The van der Waals surface area contributed by atoms with Gasteiger partial charge in [-0.05, 0) is 66.9 Å². The zero-order chi connectivity index (χ0) is 24.1. The molecule has 0 aliphatic rings. The molecular weight excluding hydrogens is 437 g/mol. The molecule has 0 fully saturated rings. The monoisotopic (exact) mass is 460 g/mol. The van der Waals surface area contributed by atoms with Crippen LogP contribution in [0.1, 0.15) is 19.4 Å². The Labute approximate surface area is 189 Å². The van der Waals surface area contributed by atoms with Crippen molar-refractivity contribution in [2.75, 3.05) is 6.61 Å². The van der Waals surface area contributed by atoms with Crippen molar-refractivity contribution in [3.8, 4) is 28.4 Å². The van der Waals surface area contributed by atoms with Gasteiger partial charge < -0.3 is 19.3 Å². The Morgan fingerprint density at radius 2 is 1.42 bits per heavy atom. The number of benzene rings is 3. The van der Waals surface area contributed by atoms with Crippen LogP contribution in [-0.4, -0.2) is 29.6 Å². The van der Waals surface area contributed by atoms with E-state index in [1.54, 1.807) is 36.4 Å². The Hall–Kier alpha value is -3.68. The maximum atomic E-state index is 12.3. The van der Waals surface area contributed by atoms with Crippen LogP contribution in [0.4, 0.5) is 13.2 Å². The van der Waals surface area contributed by atoms with Crippen molar-refractivity contribution in [1.29, 1.82) is 0 Å². The molecule has 0 atom stereocenters. The first-order chi connectivity index (χ1) is 15.5. The number of carboxylic acids is 1. The van der Waals surface area contributed by atoms with Crippen molar-refractivity contribution in [2.24, 2.45) is 0 Å². The van der Waals surface area contributed by atoms with E-state index in [-0.39, 0.29) is 5.75 Å². The number of alkyl halides is 3. The Morgan fingerprint density at radius 1 is 0.818 bits per heavy atom. The second-order valence-corrected chi connectivity index (χ2v) is 7.76. The molecule has 0 aliphatic heterocycles. The maximum absolute atomic E-state index is 12.3. The minimum atomic E-state index is -4.72. The number of carbonyl (C=O) groups is 1. The largest absolute Gasteiger partial charge is 0.573 e. The molecule has 0 heterocycles. The fourth-order valence-electron chi connectivity index (χ4n) is 2.96. The van der Waals surface area contributed by atoms with Crippen LogP contribution < -0.4 is 14.2 Å². The highest BCUT2D eigenvalue weighted by Crippen LogP contribution is 2.28. The molecule has 33 heavy (non-hydrogen) atoms. The number of hydrogen-bond donors (Lipinski definition) is 1. The van der Waals surface area contributed by atoms with Gasteiger partial charge in [-0.2, -0.15) is 0 Å². The molecule has 1 N–H and O–H groups in total. The Balaban J connectivity index is 1.55. The van der Waals surface area contributed by atoms with E-state index in [0.717, 1.165) is 16.7 Å². The number of hydrogen-bond acceptors (Lipinski definition) is 4. The number of rotatable bonds is 9. The zero-order valence-electron chi connectivity index (χ0n) is 18.1. The van der Waals surface area contributed by atoms with E-state index >= 15 is 0 Å². The standard InChI is InChI=1S/C25H23F3O5/c1-24(2,23(29)30)32-20-10-6-17(7-11-20)14-15-31-22-5-3-4-19(16-22)18-8-12-21(13-9-18)33-25(26,27)28/h3-13,16H,14-15H2,1-2H3,(H,29,30). The normalized spacial score (nSPS) is 11.7. The van der Waals surface area contributed by atoms with Gasteiger partial charge in [0.25, 0.3) is 0 Å². The van der Waals surface area contributed by atoms with Crippen molar-refractivity contribution in [3.63, 3.8) is 0 Å². The Kier molecular flexibility index (Phi) is 7.16. The average molecular weight is 460 g/mol. The van der Waals surface area contributed by atoms with Crippen LogP contribution >= 0.6 is 0 Å². The van der Waals surface area contributed by atoms with Gasteiger partial charge in [0.2, 0.25) is 0 Å². The predicted octanol–water partition coefficient (Wildman–Crippen LogP) is 6.12. The zero-order valence-corrected chi connectivity index (χ0v) is 18.1. The van der Waals surface area contributed by atoms with E-state index in [2.05, 4.69) is 4.74 Å². The van der Waals surface area contributed by atoms with Crippen molar-refractivity contribution in [2.45, 2.75) is 32.2 Å². The minimum absolute atomic E-state index is 0.276. The minimum Gasteiger partial charge on any atom is -0.493 e. The van der Waals surface area contributed by atoms with Gasteiger partial charge in [-0.1, -0.05) is 36.4 Å². The van der Waals surface area contributed by atoms with Crippen molar-refractivity contribution in [3.05, 3.63) is 78.4 Å². The summed E-state index contributed by atoms with van der Waals surface area (Å²) in [6.45, 7) is 3.37. The molecule has 174 valence electrons. The summed E-state index contributed by atoms with van der Waals surface area (Å²) in [7, 11) is 0. The second kappa shape index (κ2) is 9.85. The lowest BCUT2D eigenvalue weighted by atomic mass is 10.1. The summed E-state index contributed by atoms with van der Waals surface area (Å²) in [6.07, 6.45) is -4.10. The summed E-state index contributed by atoms with van der Waals surface area (Å²) in [5.74, 6) is -0.230. The fraction of sp³-hybridized carbons (Fsp3) is 0.240. The maximum Gasteiger partial charge on any atom is 0.573 e. The molecule has 0 amide bonds. The molecule has 0 aliphatic carbocycles. The molecule has 0 saturated carbocycles. The predicted molar refractivity (Wildman–Crippen MR) is 117 cm³/mol. The Morgan fingerprint density at radius 3 is 2.03 bits per heavy atom. The lowest BCUT2D eigenvalue weighted by Gasteiger charge is -2.21. The van der Waals surface area contributed by atoms with Crippen molar-refractivity contribution < 1.29 is 37.3 Å². The molecule has 0 spiro atoms. The van der Waals surface area contributed by atoms with E-state index in [1.807, 2.05) is 24.3 Å². The van der Waals surface area contributed by atoms with E-state index < -0.39 is 17.9 Å². The smallest absolute Gasteiger partial charge is 0.493 e. The van der Waals surface area contributed by atoms with Crippen molar-refractivity contribution >= 4 is 5.97 Å². The highest BCUT2D eigenvalue weighted by Gasteiger charge is 2.31. The summed E-state index contributed by atoms with van der Waals surface area (Å²) in [5.41, 5.74) is 1.21. The number of ether oxygens (including phenoxy) is 3. The van der Waals surface area contributed by atoms with Crippen LogP contribution in [0.15, 0.2) is 72.8 Å². The van der Waals surface area contributed by atoms with E-state index in [0.29, 0.717) is 24.5 Å². The molecule has 3 rings (SSSR count). The van der Waals surface area contributed by atoms with Crippen LogP contribution in [0.25, 0.3) is 11.1 Å². The third kappa shape index (κ3) is 7.17. The third-order valence-electron chi connectivity index (χ3n) is 4.73. The molecule has 0 saturated heterocycles. The van der Waals surface area contributed by atoms with Crippen LogP contribution in [0.5, 0.6) is 17.2 Å². The summed E-state index contributed by atoms with van der Waals surface area (Å²) in [4.78, 5) is 11.2. The van der Waals surface area contributed by atoms with Gasteiger partial charge in [-0.3, -0.25) is 0 Å². The van der Waals surface area contributed by atoms with Crippen LogP contribution in [0.2, 0.25) is 0 Å². The van der Waals surface area contributed by atoms with Crippen LogP contribution in [0, 0.1) is 0 Å². The highest BCUT2D eigenvalue weighted by atomic mass is 19.4. The molecule has 5 nitrogen and oxygen atoms in total. The van der Waals surface area contributed by atoms with Gasteiger partial charge in [0.1, 0.15) is 17.2 Å². The summed E-state index contributed by atoms with van der Waals surface area (Å²) in [6, 6.07) is 20.0. The fourth-order valence-corrected chi connectivity index (χ4v) is 2.96. The highest BCUT2D eigenvalue weighted by molar-refractivity contribution is 5.76. The van der Waals surface area contributed by atoms with Gasteiger partial charge in [0.15, 0.2) is 5.60 Å². The molecule has 0 unspecified atom stereocenters. The molecule has 0 radical (unpaired) electrons. The van der Waals surface area contributed by atoms with Gasteiger partial charge >= 0.3 is 12.3 Å². The summed E-state index contributed by atoms with van der Waals surface area (Å²) < 4.78 is 52.1. The van der Waals surface area contributed by atoms with Crippen LogP contribution in [-0.2, 0) is 11.2 Å². The average Bonchev–Trinajstić information content (AvgIpc) is 2.74. The van der Waals surface area contributed by atoms with E-state index in [4.69, 9.17) is 14.6 Å². The van der Waals surface area contributed by atoms with Gasteiger partial charge in [0.05, 0.1) is 6.61 Å². The SMILES string of the molecule is CC(C)(Oc1ccc(CCOc2cccc(-c3ccc(OC(F)(F)F)cc3)c2)cc1)C(=O)O. The molecular formula is C25H23F3O5.